The zero-order chi connectivity index (χ0) is 28.8. The highest BCUT2D eigenvalue weighted by molar-refractivity contribution is 7.80. The van der Waals surface area contributed by atoms with Crippen LogP contribution in [0.1, 0.15) is 83.1 Å². The van der Waals surface area contributed by atoms with Crippen LogP contribution in [-0.2, 0) is 16.1 Å². The zero-order valence-electron chi connectivity index (χ0n) is 23.8. The van der Waals surface area contributed by atoms with E-state index in [0.717, 1.165) is 24.9 Å². The zero-order valence-corrected chi connectivity index (χ0v) is 24.6. The summed E-state index contributed by atoms with van der Waals surface area (Å²) in [5.74, 6) is -0.333. The lowest BCUT2D eigenvalue weighted by molar-refractivity contribution is -0.118. The van der Waals surface area contributed by atoms with E-state index in [9.17, 15) is 14.7 Å². The number of hydrogen-bond acceptors (Lipinski definition) is 5. The first kappa shape index (κ1) is 32.9. The molecule has 1 atom stereocenters. The predicted molar refractivity (Wildman–Crippen MR) is 165 cm³/mol. The molecule has 2 aromatic rings. The summed E-state index contributed by atoms with van der Waals surface area (Å²) in [6, 6.07) is 14.8. The highest BCUT2D eigenvalue weighted by Crippen LogP contribution is 2.16. The fraction of sp³-hybridized carbons (Fsp3) is 0.516. The summed E-state index contributed by atoms with van der Waals surface area (Å²) in [5, 5.41) is 22.3. The number of anilines is 1. The van der Waals surface area contributed by atoms with Gasteiger partial charge in [0.1, 0.15) is 18.4 Å². The van der Waals surface area contributed by atoms with Gasteiger partial charge in [-0.15, -0.1) is 0 Å². The van der Waals surface area contributed by atoms with Crippen LogP contribution in [0.2, 0.25) is 0 Å². The maximum Gasteiger partial charge on any atom is 0.408 e. The lowest BCUT2D eigenvalue weighted by Crippen LogP contribution is -2.44. The summed E-state index contributed by atoms with van der Waals surface area (Å²) in [6.45, 7) is 3.89. The van der Waals surface area contributed by atoms with Gasteiger partial charge in [-0.05, 0) is 55.6 Å². The average Bonchev–Trinajstić information content (AvgIpc) is 2.95. The molecule has 0 aliphatic rings. The fourth-order valence-electron chi connectivity index (χ4n) is 4.19. The number of rotatable bonds is 19. The number of carbonyl (C=O) groups is 2. The predicted octanol–water partition coefficient (Wildman–Crippen LogP) is 6.40. The molecule has 9 heteroatoms. The highest BCUT2D eigenvalue weighted by Gasteiger charge is 2.21. The molecule has 0 unspecified atom stereocenters. The average molecular weight is 571 g/mol. The minimum atomic E-state index is -0.794. The van der Waals surface area contributed by atoms with E-state index in [2.05, 4.69) is 28.2 Å². The summed E-state index contributed by atoms with van der Waals surface area (Å²) in [4.78, 5) is 25.4. The molecule has 0 spiro atoms. The van der Waals surface area contributed by atoms with Crippen molar-refractivity contribution < 1.29 is 19.4 Å². The van der Waals surface area contributed by atoms with Crippen LogP contribution in [0.25, 0.3) is 0 Å². The molecule has 0 fully saturated rings. The molecule has 2 amide bonds. The summed E-state index contributed by atoms with van der Waals surface area (Å²) in [5.41, 5.74) is 1.31. The van der Waals surface area contributed by atoms with Crippen LogP contribution in [0, 0.1) is 0 Å². The number of phenolic OH excluding ortho intramolecular Hbond substituents is 1. The number of aromatic hydroxyl groups is 1. The minimum Gasteiger partial charge on any atom is -0.508 e. The van der Waals surface area contributed by atoms with Crippen molar-refractivity contribution in [2.75, 3.05) is 18.4 Å². The van der Waals surface area contributed by atoms with Crippen LogP contribution in [0.5, 0.6) is 5.75 Å². The van der Waals surface area contributed by atoms with Crippen LogP contribution in [0.4, 0.5) is 10.5 Å². The number of phenols is 1. The van der Waals surface area contributed by atoms with Crippen molar-refractivity contribution in [2.24, 2.45) is 0 Å². The van der Waals surface area contributed by atoms with Gasteiger partial charge in [0.05, 0.1) is 0 Å². The van der Waals surface area contributed by atoms with Gasteiger partial charge in [0.15, 0.2) is 5.11 Å². The number of nitrogens with one attached hydrogen (secondary N) is 4. The Morgan fingerprint density at radius 3 is 2.17 bits per heavy atom. The van der Waals surface area contributed by atoms with E-state index in [4.69, 9.17) is 17.0 Å². The van der Waals surface area contributed by atoms with Crippen molar-refractivity contribution in [1.82, 2.24) is 16.0 Å². The second-order valence-electron chi connectivity index (χ2n) is 9.95. The number of carbonyl (C=O) groups excluding carboxylic acids is 2. The van der Waals surface area contributed by atoms with Crippen LogP contribution in [0.15, 0.2) is 54.6 Å². The number of amides is 2. The molecule has 0 aliphatic heterocycles. The van der Waals surface area contributed by atoms with E-state index in [1.54, 1.807) is 12.1 Å². The molecule has 2 aromatic carbocycles. The summed E-state index contributed by atoms with van der Waals surface area (Å²) in [6.07, 6.45) is 11.4. The Kier molecular flexibility index (Phi) is 16.9. The maximum absolute atomic E-state index is 13.0. The normalized spacial score (nSPS) is 11.3. The second-order valence-corrected chi connectivity index (χ2v) is 10.4. The minimum absolute atomic E-state index is 0.0441. The highest BCUT2D eigenvalue weighted by atomic mass is 32.1. The number of ether oxygens (including phenoxy) is 1. The number of hydrogen-bond donors (Lipinski definition) is 5. The van der Waals surface area contributed by atoms with Crippen molar-refractivity contribution in [1.29, 1.82) is 0 Å². The fourth-order valence-corrected chi connectivity index (χ4v) is 4.39. The summed E-state index contributed by atoms with van der Waals surface area (Å²) < 4.78 is 5.31. The van der Waals surface area contributed by atoms with Crippen molar-refractivity contribution in [3.8, 4) is 5.75 Å². The quantitative estimate of drug-likeness (QED) is 0.0981. The molecular formula is C31H46N4O4S. The van der Waals surface area contributed by atoms with Gasteiger partial charge in [-0.25, -0.2) is 4.79 Å². The first-order valence-corrected chi connectivity index (χ1v) is 15.0. The monoisotopic (exact) mass is 570 g/mol. The lowest BCUT2D eigenvalue weighted by Gasteiger charge is -2.19. The Morgan fingerprint density at radius 1 is 0.850 bits per heavy atom. The summed E-state index contributed by atoms with van der Waals surface area (Å²) in [7, 11) is 0. The first-order valence-electron chi connectivity index (χ1n) is 14.6. The molecule has 0 aliphatic carbocycles. The van der Waals surface area contributed by atoms with E-state index in [0.29, 0.717) is 30.2 Å². The van der Waals surface area contributed by atoms with E-state index >= 15 is 0 Å². The molecule has 5 N–H and O–H groups in total. The SMILES string of the molecule is CCCCCCCCCCNC(=S)NCCCC[C@H](NC(=O)OCc1ccccc1)C(=O)Nc1cccc(O)c1. The van der Waals surface area contributed by atoms with Gasteiger partial charge in [0.2, 0.25) is 5.91 Å². The Morgan fingerprint density at radius 2 is 1.50 bits per heavy atom. The van der Waals surface area contributed by atoms with E-state index in [1.165, 1.54) is 57.1 Å². The van der Waals surface area contributed by atoms with Crippen molar-refractivity contribution in [2.45, 2.75) is 90.2 Å². The topological polar surface area (TPSA) is 112 Å². The van der Waals surface area contributed by atoms with Gasteiger partial charge >= 0.3 is 6.09 Å². The maximum atomic E-state index is 13.0. The molecule has 2 rings (SSSR count). The Bertz CT molecular complexity index is 1010. The molecular weight excluding hydrogens is 524 g/mol. The number of benzene rings is 2. The number of alkyl carbamates (subject to hydrolysis) is 1. The van der Waals surface area contributed by atoms with Gasteiger partial charge in [-0.2, -0.15) is 0 Å². The molecule has 0 aromatic heterocycles. The van der Waals surface area contributed by atoms with Crippen molar-refractivity contribution >= 4 is 35.0 Å². The van der Waals surface area contributed by atoms with Crippen LogP contribution in [0.3, 0.4) is 0 Å². The smallest absolute Gasteiger partial charge is 0.408 e. The molecule has 0 heterocycles. The number of unbranched alkanes of at least 4 members (excludes halogenated alkanes) is 8. The van der Waals surface area contributed by atoms with E-state index < -0.39 is 12.1 Å². The van der Waals surface area contributed by atoms with Gasteiger partial charge in [0.25, 0.3) is 0 Å². The van der Waals surface area contributed by atoms with Gasteiger partial charge in [0, 0.05) is 24.8 Å². The molecule has 220 valence electrons. The standard InChI is InChI=1S/C31H46N4O4S/c1-2-3-4-5-6-7-8-13-21-32-30(40)33-22-14-12-20-28(29(37)34-26-18-15-19-27(36)23-26)35-31(38)39-24-25-16-10-9-11-17-25/h9-11,15-19,23,28,36H,2-8,12-14,20-22,24H2,1H3,(H,34,37)(H,35,38)(H2,32,33,40)/t28-/m0/s1. The molecule has 0 bridgehead atoms. The van der Waals surface area contributed by atoms with E-state index in [1.807, 2.05) is 30.3 Å². The summed E-state index contributed by atoms with van der Waals surface area (Å²) >= 11 is 5.37. The van der Waals surface area contributed by atoms with Gasteiger partial charge in [-0.3, -0.25) is 4.79 Å². The van der Waals surface area contributed by atoms with E-state index in [-0.39, 0.29) is 18.3 Å². The van der Waals surface area contributed by atoms with Crippen molar-refractivity contribution in [3.63, 3.8) is 0 Å². The molecule has 8 nitrogen and oxygen atoms in total. The third-order valence-corrected chi connectivity index (χ3v) is 6.74. The third kappa shape index (κ3) is 15.3. The molecule has 0 saturated heterocycles. The first-order chi connectivity index (χ1) is 19.5. The molecule has 0 saturated carbocycles. The Labute approximate surface area is 244 Å². The molecule has 0 radical (unpaired) electrons. The second kappa shape index (κ2) is 20.6. The molecule has 40 heavy (non-hydrogen) atoms. The van der Waals surface area contributed by atoms with Crippen LogP contribution >= 0.6 is 12.2 Å². The van der Waals surface area contributed by atoms with Gasteiger partial charge in [-0.1, -0.05) is 88.3 Å². The van der Waals surface area contributed by atoms with Gasteiger partial charge < -0.3 is 31.1 Å². The van der Waals surface area contributed by atoms with Crippen LogP contribution in [-0.4, -0.2) is 41.4 Å². The largest absolute Gasteiger partial charge is 0.508 e. The number of thiocarbonyl (C=S) groups is 1. The third-order valence-electron chi connectivity index (χ3n) is 6.46. The Hall–Kier alpha value is -3.33. The van der Waals surface area contributed by atoms with Crippen molar-refractivity contribution in [3.05, 3.63) is 60.2 Å². The Balaban J connectivity index is 1.69. The van der Waals surface area contributed by atoms with Crippen LogP contribution < -0.4 is 21.3 Å². The lowest BCUT2D eigenvalue weighted by atomic mass is 10.1.